The molecule has 0 aliphatic carbocycles. The molecule has 2 rings (SSSR count). The van der Waals surface area contributed by atoms with Crippen molar-refractivity contribution in [2.24, 2.45) is 0 Å². The zero-order valence-corrected chi connectivity index (χ0v) is 13.8. The van der Waals surface area contributed by atoms with Crippen molar-refractivity contribution >= 4 is 16.0 Å². The fourth-order valence-electron chi connectivity index (χ4n) is 2.17. The highest BCUT2D eigenvalue weighted by molar-refractivity contribution is 7.89. The van der Waals surface area contributed by atoms with Crippen LogP contribution in [0.1, 0.15) is 10.4 Å². The Morgan fingerprint density at radius 1 is 1.09 bits per heavy atom. The van der Waals surface area contributed by atoms with Crippen molar-refractivity contribution < 1.29 is 23.1 Å². The van der Waals surface area contributed by atoms with E-state index < -0.39 is 16.0 Å². The maximum atomic E-state index is 12.5. The topological polar surface area (TPSA) is 83.9 Å². The van der Waals surface area contributed by atoms with Crippen molar-refractivity contribution in [1.82, 2.24) is 4.31 Å². The first kappa shape index (κ1) is 17.0. The number of sulfonamides is 1. The van der Waals surface area contributed by atoms with Crippen LogP contribution in [-0.4, -0.2) is 45.0 Å². The highest BCUT2D eigenvalue weighted by Crippen LogP contribution is 2.33. The molecule has 2 aromatic rings. The minimum absolute atomic E-state index is 0.0224. The third-order valence-corrected chi connectivity index (χ3v) is 5.27. The highest BCUT2D eigenvalue weighted by Gasteiger charge is 2.24. The molecule has 0 unspecified atom stereocenters. The van der Waals surface area contributed by atoms with Gasteiger partial charge in [0.25, 0.3) is 0 Å². The summed E-state index contributed by atoms with van der Waals surface area (Å²) in [6, 6.07) is 10.8. The van der Waals surface area contributed by atoms with Gasteiger partial charge in [-0.25, -0.2) is 17.5 Å². The summed E-state index contributed by atoms with van der Waals surface area (Å²) in [4.78, 5) is 11.6. The van der Waals surface area contributed by atoms with Gasteiger partial charge in [0.2, 0.25) is 10.0 Å². The molecule has 0 atom stereocenters. The molecule has 6 nitrogen and oxygen atoms in total. The molecule has 0 aromatic heterocycles. The second-order valence-electron chi connectivity index (χ2n) is 5.00. The van der Waals surface area contributed by atoms with Crippen LogP contribution in [0.15, 0.2) is 47.4 Å². The summed E-state index contributed by atoms with van der Waals surface area (Å²) in [6.45, 7) is 0. The van der Waals surface area contributed by atoms with Crippen LogP contribution < -0.4 is 4.74 Å². The third kappa shape index (κ3) is 3.20. The first-order valence-electron chi connectivity index (χ1n) is 6.72. The fourth-order valence-corrected chi connectivity index (χ4v) is 3.27. The van der Waals surface area contributed by atoms with Crippen LogP contribution in [0, 0.1) is 0 Å². The minimum Gasteiger partial charge on any atom is -0.497 e. The molecule has 23 heavy (non-hydrogen) atoms. The average molecular weight is 335 g/mol. The molecule has 0 amide bonds. The van der Waals surface area contributed by atoms with E-state index in [1.807, 2.05) is 0 Å². The van der Waals surface area contributed by atoms with Crippen LogP contribution in [0.4, 0.5) is 0 Å². The van der Waals surface area contributed by atoms with E-state index in [0.29, 0.717) is 16.9 Å². The number of benzene rings is 2. The van der Waals surface area contributed by atoms with Crippen molar-refractivity contribution in [2.75, 3.05) is 21.2 Å². The van der Waals surface area contributed by atoms with Crippen molar-refractivity contribution in [3.8, 4) is 16.9 Å². The first-order valence-corrected chi connectivity index (χ1v) is 8.16. The van der Waals surface area contributed by atoms with Crippen molar-refractivity contribution in [2.45, 2.75) is 4.90 Å². The Hall–Kier alpha value is -2.38. The molecule has 0 bridgehead atoms. The summed E-state index contributed by atoms with van der Waals surface area (Å²) in [5, 5.41) is 9.43. The molecule has 2 aromatic carbocycles. The van der Waals surface area contributed by atoms with E-state index in [9.17, 15) is 18.3 Å². The predicted octanol–water partition coefficient (Wildman–Crippen LogP) is 2.31. The van der Waals surface area contributed by atoms with Gasteiger partial charge in [0.05, 0.1) is 17.6 Å². The van der Waals surface area contributed by atoms with E-state index in [-0.39, 0.29) is 10.5 Å². The monoisotopic (exact) mass is 335 g/mol. The normalized spacial score (nSPS) is 11.5. The summed E-state index contributed by atoms with van der Waals surface area (Å²) in [5.41, 5.74) is 0.631. The lowest BCUT2D eigenvalue weighted by Crippen LogP contribution is -2.23. The quantitative estimate of drug-likeness (QED) is 0.906. The smallest absolute Gasteiger partial charge is 0.336 e. The maximum Gasteiger partial charge on any atom is 0.336 e. The van der Waals surface area contributed by atoms with Gasteiger partial charge in [-0.3, -0.25) is 0 Å². The molecular weight excluding hydrogens is 318 g/mol. The van der Waals surface area contributed by atoms with E-state index in [2.05, 4.69) is 0 Å². The molecule has 0 spiro atoms. The zero-order valence-electron chi connectivity index (χ0n) is 13.0. The number of hydrogen-bond donors (Lipinski definition) is 1. The number of rotatable bonds is 5. The Balaban J connectivity index is 2.77. The minimum atomic E-state index is -3.70. The average Bonchev–Trinajstić information content (AvgIpc) is 2.54. The maximum absolute atomic E-state index is 12.5. The van der Waals surface area contributed by atoms with Gasteiger partial charge in [0, 0.05) is 19.7 Å². The van der Waals surface area contributed by atoms with Gasteiger partial charge in [-0.1, -0.05) is 18.2 Å². The Morgan fingerprint density at radius 2 is 1.74 bits per heavy atom. The zero-order chi connectivity index (χ0) is 17.2. The van der Waals surface area contributed by atoms with Gasteiger partial charge >= 0.3 is 5.97 Å². The largest absolute Gasteiger partial charge is 0.497 e. The number of carbonyl (C=O) groups is 1. The summed E-state index contributed by atoms with van der Waals surface area (Å²) >= 11 is 0. The van der Waals surface area contributed by atoms with Crippen molar-refractivity contribution in [1.29, 1.82) is 0 Å². The van der Waals surface area contributed by atoms with Gasteiger partial charge in [-0.15, -0.1) is 0 Å². The number of carboxylic acids is 1. The molecule has 1 N–H and O–H groups in total. The van der Waals surface area contributed by atoms with Crippen LogP contribution in [0.3, 0.4) is 0 Å². The van der Waals surface area contributed by atoms with Crippen molar-refractivity contribution in [3.63, 3.8) is 0 Å². The summed E-state index contributed by atoms with van der Waals surface area (Å²) in [6.07, 6.45) is 0. The molecule has 0 radical (unpaired) electrons. The van der Waals surface area contributed by atoms with Crippen LogP contribution in [-0.2, 0) is 10.0 Å². The lowest BCUT2D eigenvalue weighted by atomic mass is 9.99. The molecule has 122 valence electrons. The molecule has 0 aliphatic heterocycles. The third-order valence-electron chi connectivity index (χ3n) is 3.39. The molecule has 0 saturated carbocycles. The summed E-state index contributed by atoms with van der Waals surface area (Å²) in [5.74, 6) is -0.768. The summed E-state index contributed by atoms with van der Waals surface area (Å²) in [7, 11) is 0.589. The van der Waals surface area contributed by atoms with Crippen molar-refractivity contribution in [3.05, 3.63) is 48.0 Å². The van der Waals surface area contributed by atoms with E-state index in [1.54, 1.807) is 30.3 Å². The number of hydrogen-bond acceptors (Lipinski definition) is 4. The van der Waals surface area contributed by atoms with Gasteiger partial charge in [0.1, 0.15) is 5.75 Å². The van der Waals surface area contributed by atoms with Crippen LogP contribution in [0.2, 0.25) is 0 Å². The number of aromatic carboxylic acids is 1. The first-order chi connectivity index (χ1) is 10.8. The SMILES string of the molecule is COc1ccc(-c2ccccc2S(=O)(=O)N(C)C)c(C(=O)O)c1. The highest BCUT2D eigenvalue weighted by atomic mass is 32.2. The van der Waals surface area contributed by atoms with E-state index in [4.69, 9.17) is 4.74 Å². The second kappa shape index (κ2) is 6.39. The Kier molecular flexibility index (Phi) is 4.72. The van der Waals surface area contributed by atoms with E-state index in [1.165, 1.54) is 33.3 Å². The summed E-state index contributed by atoms with van der Waals surface area (Å²) < 4.78 is 31.1. The second-order valence-corrected chi connectivity index (χ2v) is 7.12. The van der Waals surface area contributed by atoms with Gasteiger partial charge in [-0.05, 0) is 29.8 Å². The van der Waals surface area contributed by atoms with Gasteiger partial charge in [-0.2, -0.15) is 0 Å². The molecule has 0 saturated heterocycles. The molecule has 0 fully saturated rings. The molecule has 7 heteroatoms. The van der Waals surface area contributed by atoms with Crippen LogP contribution in [0.5, 0.6) is 5.75 Å². The number of carboxylic acid groups (broad SMARTS) is 1. The molecule has 0 heterocycles. The Bertz CT molecular complexity index is 843. The molecular formula is C16H17NO5S. The standard InChI is InChI=1S/C16H17NO5S/c1-17(2)23(20,21)15-7-5-4-6-13(15)12-9-8-11(22-3)10-14(12)16(18)19/h4-10H,1-3H3,(H,18,19). The van der Waals surface area contributed by atoms with Gasteiger partial charge in [0.15, 0.2) is 0 Å². The number of ether oxygens (including phenoxy) is 1. The van der Waals surface area contributed by atoms with E-state index in [0.717, 1.165) is 4.31 Å². The number of methoxy groups -OCH3 is 1. The lowest BCUT2D eigenvalue weighted by molar-refractivity contribution is 0.0697. The lowest BCUT2D eigenvalue weighted by Gasteiger charge is -2.16. The number of nitrogens with zero attached hydrogens (tertiary/aromatic N) is 1. The van der Waals surface area contributed by atoms with Crippen LogP contribution in [0.25, 0.3) is 11.1 Å². The Labute approximate surface area is 135 Å². The van der Waals surface area contributed by atoms with Gasteiger partial charge < -0.3 is 9.84 Å². The molecule has 0 aliphatic rings. The predicted molar refractivity (Wildman–Crippen MR) is 86.3 cm³/mol. The Morgan fingerprint density at radius 3 is 2.30 bits per heavy atom. The van der Waals surface area contributed by atoms with E-state index >= 15 is 0 Å². The van der Waals surface area contributed by atoms with Crippen LogP contribution >= 0.6 is 0 Å². The fraction of sp³-hybridized carbons (Fsp3) is 0.188.